The third-order valence-corrected chi connectivity index (χ3v) is 4.17. The van der Waals surface area contributed by atoms with Gasteiger partial charge in [0.15, 0.2) is 5.75 Å². The minimum Gasteiger partial charge on any atom is -0.487 e. The van der Waals surface area contributed by atoms with Crippen LogP contribution in [0.25, 0.3) is 0 Å². The molecule has 7 heteroatoms. The molecule has 1 heterocycles. The Bertz CT molecular complexity index is 845. The highest BCUT2D eigenvalue weighted by Crippen LogP contribution is 2.32. The van der Waals surface area contributed by atoms with Crippen molar-refractivity contribution < 1.29 is 14.3 Å². The van der Waals surface area contributed by atoms with E-state index < -0.39 is 5.97 Å². The molecule has 5 nitrogen and oxygen atoms in total. The maximum absolute atomic E-state index is 12.1. The van der Waals surface area contributed by atoms with Gasteiger partial charge in [-0.25, -0.2) is 4.79 Å². The number of nitrogens with zero attached hydrogens (tertiary/aromatic N) is 2. The third kappa shape index (κ3) is 4.77. The summed E-state index contributed by atoms with van der Waals surface area (Å²) in [7, 11) is 0. The van der Waals surface area contributed by atoms with Gasteiger partial charge >= 0.3 is 5.97 Å². The van der Waals surface area contributed by atoms with E-state index in [2.05, 4.69) is 5.10 Å². The van der Waals surface area contributed by atoms with E-state index in [4.69, 9.17) is 32.7 Å². The lowest BCUT2D eigenvalue weighted by atomic mass is 10.1. The average molecular weight is 391 g/mol. The van der Waals surface area contributed by atoms with Crippen LogP contribution in [0, 0.1) is 0 Å². The van der Waals surface area contributed by atoms with E-state index in [1.54, 1.807) is 36.5 Å². The first kappa shape index (κ1) is 18.3. The summed E-state index contributed by atoms with van der Waals surface area (Å²) < 4.78 is 12.5. The summed E-state index contributed by atoms with van der Waals surface area (Å²) in [6.45, 7) is 0.900. The van der Waals surface area contributed by atoms with E-state index in [1.807, 2.05) is 29.1 Å². The van der Waals surface area contributed by atoms with Gasteiger partial charge in [-0.05, 0) is 35.9 Å². The average Bonchev–Trinajstić information content (AvgIpc) is 3.14. The Morgan fingerprint density at radius 2 is 1.73 bits per heavy atom. The van der Waals surface area contributed by atoms with E-state index in [0.29, 0.717) is 27.9 Å². The highest BCUT2D eigenvalue weighted by Gasteiger charge is 2.09. The maximum Gasteiger partial charge on any atom is 0.338 e. The van der Waals surface area contributed by atoms with Crippen molar-refractivity contribution in [1.29, 1.82) is 0 Å². The molecule has 0 atom stereocenters. The van der Waals surface area contributed by atoms with Crippen LogP contribution in [0.4, 0.5) is 0 Å². The Labute approximate surface area is 161 Å². The molecule has 0 bridgehead atoms. The first-order chi connectivity index (χ1) is 12.6. The molecule has 2 aromatic carbocycles. The summed E-state index contributed by atoms with van der Waals surface area (Å²) in [5, 5.41) is 4.98. The minimum atomic E-state index is -0.413. The predicted molar refractivity (Wildman–Crippen MR) is 100 cm³/mol. The van der Waals surface area contributed by atoms with E-state index in [0.717, 1.165) is 5.56 Å². The van der Waals surface area contributed by atoms with E-state index >= 15 is 0 Å². The van der Waals surface area contributed by atoms with Crippen molar-refractivity contribution in [3.05, 3.63) is 82.1 Å². The van der Waals surface area contributed by atoms with E-state index in [9.17, 15) is 4.79 Å². The van der Waals surface area contributed by atoms with Gasteiger partial charge in [-0.3, -0.25) is 4.68 Å². The number of hydrogen-bond donors (Lipinski definition) is 0. The molecule has 0 saturated heterocycles. The highest BCUT2D eigenvalue weighted by atomic mass is 35.5. The number of halogens is 2. The molecule has 0 radical (unpaired) electrons. The monoisotopic (exact) mass is 390 g/mol. The standard InChI is InChI=1S/C19H16Cl2N2O3/c20-16-3-1-4-17(21)18(16)25-11-12-26-19(24)15-7-5-14(6-8-15)13-23-10-2-9-22-23/h1-10H,11-13H2. The molecule has 0 aliphatic rings. The summed E-state index contributed by atoms with van der Waals surface area (Å²) in [5.41, 5.74) is 1.52. The number of carbonyl (C=O) groups is 1. The number of ether oxygens (including phenoxy) is 2. The van der Waals surface area contributed by atoms with Gasteiger partial charge in [-0.1, -0.05) is 41.4 Å². The van der Waals surface area contributed by atoms with Crippen molar-refractivity contribution in [2.75, 3.05) is 13.2 Å². The second-order valence-electron chi connectivity index (χ2n) is 5.44. The molecule has 0 fully saturated rings. The van der Waals surface area contributed by atoms with Crippen molar-refractivity contribution >= 4 is 29.2 Å². The normalized spacial score (nSPS) is 10.5. The number of benzene rings is 2. The van der Waals surface area contributed by atoms with Crippen LogP contribution < -0.4 is 4.74 Å². The quantitative estimate of drug-likeness (QED) is 0.440. The van der Waals surface area contributed by atoms with Crippen molar-refractivity contribution in [3.8, 4) is 5.75 Å². The van der Waals surface area contributed by atoms with Crippen LogP contribution in [-0.4, -0.2) is 29.0 Å². The van der Waals surface area contributed by atoms with Crippen LogP contribution in [0.15, 0.2) is 60.9 Å². The first-order valence-electron chi connectivity index (χ1n) is 7.94. The maximum atomic E-state index is 12.1. The fourth-order valence-corrected chi connectivity index (χ4v) is 2.82. The second-order valence-corrected chi connectivity index (χ2v) is 6.25. The van der Waals surface area contributed by atoms with Gasteiger partial charge in [0.1, 0.15) is 13.2 Å². The number of carbonyl (C=O) groups excluding carboxylic acids is 1. The molecule has 0 spiro atoms. The smallest absolute Gasteiger partial charge is 0.338 e. The van der Waals surface area contributed by atoms with Crippen LogP contribution in [0.3, 0.4) is 0 Å². The largest absolute Gasteiger partial charge is 0.487 e. The summed E-state index contributed by atoms with van der Waals surface area (Å²) in [5.74, 6) is -0.0284. The fourth-order valence-electron chi connectivity index (χ4n) is 2.31. The predicted octanol–water partition coefficient (Wildman–Crippen LogP) is 4.47. The molecule has 0 unspecified atom stereocenters. The molecule has 0 N–H and O–H groups in total. The van der Waals surface area contributed by atoms with Gasteiger partial charge in [0, 0.05) is 12.4 Å². The van der Waals surface area contributed by atoms with Gasteiger partial charge in [-0.2, -0.15) is 5.10 Å². The Morgan fingerprint density at radius 3 is 2.38 bits per heavy atom. The molecular weight excluding hydrogens is 375 g/mol. The second kappa shape index (κ2) is 8.74. The van der Waals surface area contributed by atoms with Crippen molar-refractivity contribution in [2.45, 2.75) is 6.54 Å². The molecule has 3 rings (SSSR count). The summed E-state index contributed by atoms with van der Waals surface area (Å²) in [6, 6.07) is 14.2. The summed E-state index contributed by atoms with van der Waals surface area (Å²) >= 11 is 12.0. The van der Waals surface area contributed by atoms with Crippen LogP contribution in [0.2, 0.25) is 10.0 Å². The van der Waals surface area contributed by atoms with Crippen LogP contribution in [0.5, 0.6) is 5.75 Å². The van der Waals surface area contributed by atoms with Gasteiger partial charge in [0.05, 0.1) is 22.2 Å². The summed E-state index contributed by atoms with van der Waals surface area (Å²) in [4.78, 5) is 12.1. The Hall–Kier alpha value is -2.50. The van der Waals surface area contributed by atoms with Gasteiger partial charge in [-0.15, -0.1) is 0 Å². The van der Waals surface area contributed by atoms with Crippen LogP contribution >= 0.6 is 23.2 Å². The zero-order valence-corrected chi connectivity index (χ0v) is 15.3. The topological polar surface area (TPSA) is 53.4 Å². The molecule has 3 aromatic rings. The third-order valence-electron chi connectivity index (χ3n) is 3.58. The van der Waals surface area contributed by atoms with Crippen LogP contribution in [0.1, 0.15) is 15.9 Å². The van der Waals surface area contributed by atoms with Crippen molar-refractivity contribution in [3.63, 3.8) is 0 Å². The van der Waals surface area contributed by atoms with E-state index in [1.165, 1.54) is 0 Å². The molecular formula is C19H16Cl2N2O3. The zero-order valence-electron chi connectivity index (χ0n) is 13.8. The lowest BCUT2D eigenvalue weighted by Crippen LogP contribution is -2.12. The molecule has 0 aliphatic heterocycles. The number of aromatic nitrogens is 2. The molecule has 0 saturated carbocycles. The van der Waals surface area contributed by atoms with Crippen LogP contribution in [-0.2, 0) is 11.3 Å². The number of para-hydroxylation sites is 1. The van der Waals surface area contributed by atoms with E-state index in [-0.39, 0.29) is 13.2 Å². The van der Waals surface area contributed by atoms with Gasteiger partial charge in [0.25, 0.3) is 0 Å². The molecule has 1 aromatic heterocycles. The minimum absolute atomic E-state index is 0.0927. The molecule has 0 aliphatic carbocycles. The number of hydrogen-bond acceptors (Lipinski definition) is 4. The number of esters is 1. The van der Waals surface area contributed by atoms with Gasteiger partial charge in [0.2, 0.25) is 0 Å². The van der Waals surface area contributed by atoms with Crippen molar-refractivity contribution in [1.82, 2.24) is 9.78 Å². The lowest BCUT2D eigenvalue weighted by molar-refractivity contribution is 0.0450. The lowest BCUT2D eigenvalue weighted by Gasteiger charge is -2.10. The number of rotatable bonds is 7. The zero-order chi connectivity index (χ0) is 18.4. The molecule has 26 heavy (non-hydrogen) atoms. The Balaban J connectivity index is 1.47. The van der Waals surface area contributed by atoms with Gasteiger partial charge < -0.3 is 9.47 Å². The Kier molecular flexibility index (Phi) is 6.15. The summed E-state index contributed by atoms with van der Waals surface area (Å²) in [6.07, 6.45) is 3.61. The molecule has 0 amide bonds. The fraction of sp³-hybridized carbons (Fsp3) is 0.158. The first-order valence-corrected chi connectivity index (χ1v) is 8.69. The molecule has 134 valence electrons. The highest BCUT2D eigenvalue weighted by molar-refractivity contribution is 6.37. The van der Waals surface area contributed by atoms with Crippen molar-refractivity contribution in [2.24, 2.45) is 0 Å². The Morgan fingerprint density at radius 1 is 1.00 bits per heavy atom. The SMILES string of the molecule is O=C(OCCOc1c(Cl)cccc1Cl)c1ccc(Cn2cccn2)cc1.